The van der Waals surface area contributed by atoms with E-state index in [0.717, 1.165) is 25.8 Å². The molecule has 23 heavy (non-hydrogen) atoms. The van der Waals surface area contributed by atoms with Crippen LogP contribution in [-0.2, 0) is 24.8 Å². The Bertz CT molecular complexity index is 720. The molecule has 0 bridgehead atoms. The van der Waals surface area contributed by atoms with Gasteiger partial charge in [0.05, 0.1) is 17.6 Å². The summed E-state index contributed by atoms with van der Waals surface area (Å²) in [4.78, 5) is 8.02. The predicted molar refractivity (Wildman–Crippen MR) is 92.3 cm³/mol. The fourth-order valence-electron chi connectivity index (χ4n) is 3.68. The van der Waals surface area contributed by atoms with Crippen LogP contribution in [0.2, 0.25) is 0 Å². The maximum Gasteiger partial charge on any atom is 0.0926 e. The van der Waals surface area contributed by atoms with Crippen molar-refractivity contribution in [2.75, 3.05) is 6.54 Å². The van der Waals surface area contributed by atoms with E-state index >= 15 is 0 Å². The molecule has 4 rings (SSSR count). The third kappa shape index (κ3) is 2.80. The smallest absolute Gasteiger partial charge is 0.0926 e. The summed E-state index contributed by atoms with van der Waals surface area (Å²) in [5.41, 5.74) is 4.99. The Morgan fingerprint density at radius 2 is 1.48 bits per heavy atom. The first-order chi connectivity index (χ1) is 11.4. The largest absolute Gasteiger partial charge is 0.348 e. The van der Waals surface area contributed by atoms with Gasteiger partial charge in [-0.15, -0.1) is 0 Å². The highest BCUT2D eigenvalue weighted by Gasteiger charge is 2.38. The molecule has 1 aromatic heterocycles. The Morgan fingerprint density at radius 3 is 2.09 bits per heavy atom. The molecule has 0 atom stereocenters. The normalized spacial score (nSPS) is 16.0. The van der Waals surface area contributed by atoms with E-state index in [2.05, 4.69) is 75.9 Å². The number of imidazole rings is 1. The zero-order chi connectivity index (χ0) is 15.5. The molecular formula is C20H21N3. The number of hydrogen-bond acceptors (Lipinski definition) is 2. The molecule has 0 spiro atoms. The molecule has 0 amide bonds. The molecular weight excluding hydrogens is 282 g/mol. The van der Waals surface area contributed by atoms with Crippen molar-refractivity contribution in [2.24, 2.45) is 0 Å². The Hall–Kier alpha value is -2.39. The minimum atomic E-state index is -0.143. The zero-order valence-electron chi connectivity index (χ0n) is 13.1. The SMILES string of the molecule is c1ccc(CC2(Cc3ccccc3)NCCc3[nH]cnc32)cc1. The second-order valence-electron chi connectivity index (χ2n) is 6.31. The first kappa shape index (κ1) is 14.2. The molecule has 116 valence electrons. The summed E-state index contributed by atoms with van der Waals surface area (Å²) in [6.45, 7) is 0.981. The average Bonchev–Trinajstić information content (AvgIpc) is 3.07. The van der Waals surface area contributed by atoms with Crippen molar-refractivity contribution in [3.05, 3.63) is 89.5 Å². The standard InChI is InChI=1S/C20H21N3/c1-3-7-16(8-4-1)13-20(14-17-9-5-2-6-10-17)19-18(11-12-23-20)21-15-22-19/h1-10,15,23H,11-14H2,(H,21,22). The van der Waals surface area contributed by atoms with Crippen LogP contribution in [0.1, 0.15) is 22.5 Å². The molecule has 1 aliphatic rings. The number of aromatic amines is 1. The lowest BCUT2D eigenvalue weighted by Gasteiger charge is -2.38. The molecule has 0 radical (unpaired) electrons. The summed E-state index contributed by atoms with van der Waals surface area (Å²) in [7, 11) is 0. The molecule has 0 unspecified atom stereocenters. The number of benzene rings is 2. The number of nitrogens with one attached hydrogen (secondary N) is 2. The van der Waals surface area contributed by atoms with Crippen molar-refractivity contribution in [3.63, 3.8) is 0 Å². The van der Waals surface area contributed by atoms with Crippen LogP contribution < -0.4 is 5.32 Å². The van der Waals surface area contributed by atoms with Gasteiger partial charge >= 0.3 is 0 Å². The summed E-state index contributed by atoms with van der Waals surface area (Å²) < 4.78 is 0. The molecule has 3 heteroatoms. The molecule has 0 aliphatic carbocycles. The van der Waals surface area contributed by atoms with Gasteiger partial charge in [0.1, 0.15) is 0 Å². The number of nitrogens with zero attached hydrogens (tertiary/aromatic N) is 1. The van der Waals surface area contributed by atoms with E-state index in [-0.39, 0.29) is 5.54 Å². The average molecular weight is 303 g/mol. The van der Waals surface area contributed by atoms with Gasteiger partial charge in [0.25, 0.3) is 0 Å². The molecule has 0 fully saturated rings. The second kappa shape index (κ2) is 6.01. The summed E-state index contributed by atoms with van der Waals surface area (Å²) in [5.74, 6) is 0. The van der Waals surface area contributed by atoms with Crippen LogP contribution in [0.5, 0.6) is 0 Å². The molecule has 2 aromatic carbocycles. The van der Waals surface area contributed by atoms with Gasteiger partial charge in [-0.2, -0.15) is 0 Å². The molecule has 3 nitrogen and oxygen atoms in total. The van der Waals surface area contributed by atoms with Gasteiger partial charge in [-0.3, -0.25) is 0 Å². The third-order valence-corrected chi connectivity index (χ3v) is 4.71. The number of hydrogen-bond donors (Lipinski definition) is 2. The quantitative estimate of drug-likeness (QED) is 0.777. The van der Waals surface area contributed by atoms with Crippen LogP contribution >= 0.6 is 0 Å². The molecule has 0 saturated heterocycles. The van der Waals surface area contributed by atoms with Crippen LogP contribution in [0.15, 0.2) is 67.0 Å². The first-order valence-corrected chi connectivity index (χ1v) is 8.21. The Morgan fingerprint density at radius 1 is 0.870 bits per heavy atom. The van der Waals surface area contributed by atoms with Crippen molar-refractivity contribution in [1.82, 2.24) is 15.3 Å². The van der Waals surface area contributed by atoms with Crippen molar-refractivity contribution in [2.45, 2.75) is 24.8 Å². The fourth-order valence-corrected chi connectivity index (χ4v) is 3.68. The van der Waals surface area contributed by atoms with Crippen molar-refractivity contribution in [1.29, 1.82) is 0 Å². The summed E-state index contributed by atoms with van der Waals surface area (Å²) >= 11 is 0. The third-order valence-electron chi connectivity index (χ3n) is 4.71. The van der Waals surface area contributed by atoms with Crippen LogP contribution in [-0.4, -0.2) is 16.5 Å². The number of fused-ring (bicyclic) bond motifs is 1. The van der Waals surface area contributed by atoms with Crippen LogP contribution in [0, 0.1) is 0 Å². The zero-order valence-corrected chi connectivity index (χ0v) is 13.1. The lowest BCUT2D eigenvalue weighted by Crippen LogP contribution is -2.50. The van der Waals surface area contributed by atoms with Crippen molar-refractivity contribution >= 4 is 0 Å². The Labute approximate surface area is 136 Å². The van der Waals surface area contributed by atoms with Gasteiger partial charge in [0, 0.05) is 18.7 Å². The second-order valence-corrected chi connectivity index (χ2v) is 6.31. The number of rotatable bonds is 4. The topological polar surface area (TPSA) is 40.7 Å². The van der Waals surface area contributed by atoms with Gasteiger partial charge in [0.2, 0.25) is 0 Å². The van der Waals surface area contributed by atoms with Gasteiger partial charge < -0.3 is 10.3 Å². The van der Waals surface area contributed by atoms with E-state index < -0.39 is 0 Å². The molecule has 2 N–H and O–H groups in total. The predicted octanol–water partition coefficient (Wildman–Crippen LogP) is 3.24. The van der Waals surface area contributed by atoms with Gasteiger partial charge in [-0.25, -0.2) is 4.98 Å². The maximum atomic E-state index is 4.68. The van der Waals surface area contributed by atoms with Gasteiger partial charge in [-0.1, -0.05) is 60.7 Å². The van der Waals surface area contributed by atoms with E-state index in [1.807, 2.05) is 6.33 Å². The van der Waals surface area contributed by atoms with Crippen LogP contribution in [0.25, 0.3) is 0 Å². The van der Waals surface area contributed by atoms with E-state index in [4.69, 9.17) is 0 Å². The monoisotopic (exact) mass is 303 g/mol. The highest BCUT2D eigenvalue weighted by Crippen LogP contribution is 2.33. The van der Waals surface area contributed by atoms with E-state index in [1.54, 1.807) is 0 Å². The molecule has 0 saturated carbocycles. The summed E-state index contributed by atoms with van der Waals surface area (Å²) in [6.07, 6.45) is 4.74. The van der Waals surface area contributed by atoms with Crippen LogP contribution in [0.3, 0.4) is 0 Å². The first-order valence-electron chi connectivity index (χ1n) is 8.21. The highest BCUT2D eigenvalue weighted by molar-refractivity contribution is 5.33. The lowest BCUT2D eigenvalue weighted by atomic mass is 9.79. The van der Waals surface area contributed by atoms with E-state index in [1.165, 1.54) is 22.5 Å². The Balaban J connectivity index is 1.75. The minimum Gasteiger partial charge on any atom is -0.348 e. The van der Waals surface area contributed by atoms with Crippen molar-refractivity contribution in [3.8, 4) is 0 Å². The summed E-state index contributed by atoms with van der Waals surface area (Å²) in [6, 6.07) is 21.4. The maximum absolute atomic E-state index is 4.68. The lowest BCUT2D eigenvalue weighted by molar-refractivity contribution is 0.300. The van der Waals surface area contributed by atoms with E-state index in [0.29, 0.717) is 0 Å². The molecule has 3 aromatic rings. The van der Waals surface area contributed by atoms with Crippen LogP contribution in [0.4, 0.5) is 0 Å². The highest BCUT2D eigenvalue weighted by atomic mass is 15.1. The molecule has 2 heterocycles. The Kier molecular flexibility index (Phi) is 3.72. The fraction of sp³-hybridized carbons (Fsp3) is 0.250. The van der Waals surface area contributed by atoms with Gasteiger partial charge in [0.15, 0.2) is 0 Å². The van der Waals surface area contributed by atoms with Crippen molar-refractivity contribution < 1.29 is 0 Å². The molecule has 1 aliphatic heterocycles. The number of H-pyrrole nitrogens is 1. The minimum absolute atomic E-state index is 0.143. The van der Waals surface area contributed by atoms with E-state index in [9.17, 15) is 0 Å². The van der Waals surface area contributed by atoms with Gasteiger partial charge in [-0.05, 0) is 24.0 Å². The number of aromatic nitrogens is 2. The summed E-state index contributed by atoms with van der Waals surface area (Å²) in [5, 5.41) is 3.79.